The number of rotatable bonds is 14. The Morgan fingerprint density at radius 2 is 1.55 bits per heavy atom. The van der Waals surface area contributed by atoms with Crippen LogP contribution in [0.2, 0.25) is 10.0 Å². The number of para-hydroxylation sites is 1. The molecule has 0 aliphatic carbocycles. The molecule has 0 fully saturated rings. The second-order valence-corrected chi connectivity index (χ2v) is 13.2. The van der Waals surface area contributed by atoms with Gasteiger partial charge in [-0.05, 0) is 42.2 Å². The maximum atomic E-state index is 14.5. The van der Waals surface area contributed by atoms with Crippen molar-refractivity contribution in [1.82, 2.24) is 10.2 Å². The topological polar surface area (TPSA) is 86.8 Å². The van der Waals surface area contributed by atoms with Crippen molar-refractivity contribution in [2.75, 3.05) is 23.7 Å². The first-order chi connectivity index (χ1) is 19.9. The normalized spacial score (nSPS) is 12.2. The number of carbonyl (C=O) groups is 2. The number of benzene rings is 3. The van der Waals surface area contributed by atoms with E-state index in [9.17, 15) is 22.4 Å². The molecule has 0 aromatic heterocycles. The fourth-order valence-corrected chi connectivity index (χ4v) is 5.95. The van der Waals surface area contributed by atoms with Gasteiger partial charge in [-0.2, -0.15) is 0 Å². The minimum Gasteiger partial charge on any atom is -0.354 e. The van der Waals surface area contributed by atoms with Gasteiger partial charge in [0.25, 0.3) is 0 Å². The fourth-order valence-electron chi connectivity index (χ4n) is 4.47. The lowest BCUT2D eigenvalue weighted by atomic mass is 10.0. The predicted octanol–water partition coefficient (Wildman–Crippen LogP) is 6.09. The molecule has 0 heterocycles. The van der Waals surface area contributed by atoms with Gasteiger partial charge >= 0.3 is 0 Å². The van der Waals surface area contributed by atoms with Crippen molar-refractivity contribution in [2.45, 2.75) is 45.7 Å². The van der Waals surface area contributed by atoms with E-state index in [0.29, 0.717) is 22.2 Å². The Bertz CT molecular complexity index is 1450. The third-order valence-electron chi connectivity index (χ3n) is 6.62. The molecule has 3 rings (SSSR count). The lowest BCUT2D eigenvalue weighted by molar-refractivity contribution is -0.141. The Balaban J connectivity index is 1.93. The molecule has 3 aromatic rings. The van der Waals surface area contributed by atoms with E-state index in [0.717, 1.165) is 16.1 Å². The van der Waals surface area contributed by atoms with Gasteiger partial charge < -0.3 is 10.2 Å². The molecule has 1 unspecified atom stereocenters. The van der Waals surface area contributed by atoms with Crippen molar-refractivity contribution in [3.8, 4) is 0 Å². The lowest BCUT2D eigenvalue weighted by Gasteiger charge is -2.32. The van der Waals surface area contributed by atoms with E-state index in [1.807, 2.05) is 44.2 Å². The third kappa shape index (κ3) is 9.44. The Kier molecular flexibility index (Phi) is 12.2. The van der Waals surface area contributed by atoms with E-state index in [-0.39, 0.29) is 49.9 Å². The molecular weight excluding hydrogens is 600 g/mol. The highest BCUT2D eigenvalue weighted by Crippen LogP contribution is 2.28. The molecule has 11 heteroatoms. The van der Waals surface area contributed by atoms with Gasteiger partial charge in [0.05, 0.1) is 11.9 Å². The van der Waals surface area contributed by atoms with Crippen LogP contribution in [0.3, 0.4) is 0 Å². The van der Waals surface area contributed by atoms with Gasteiger partial charge in [-0.1, -0.05) is 85.6 Å². The zero-order valence-corrected chi connectivity index (χ0v) is 26.2. The average molecular weight is 637 g/mol. The number of anilines is 1. The molecule has 0 radical (unpaired) electrons. The summed E-state index contributed by atoms with van der Waals surface area (Å²) in [5, 5.41) is 3.65. The summed E-state index contributed by atoms with van der Waals surface area (Å²) in [6, 6.07) is 19.0. The first-order valence-corrected chi connectivity index (χ1v) is 16.2. The first-order valence-electron chi connectivity index (χ1n) is 13.6. The highest BCUT2D eigenvalue weighted by molar-refractivity contribution is 7.92. The van der Waals surface area contributed by atoms with Crippen LogP contribution in [0.25, 0.3) is 0 Å². The van der Waals surface area contributed by atoms with Crippen LogP contribution in [0.1, 0.15) is 37.8 Å². The zero-order chi connectivity index (χ0) is 30.9. The Labute approximate surface area is 257 Å². The Morgan fingerprint density at radius 3 is 2.14 bits per heavy atom. The molecule has 42 heavy (non-hydrogen) atoms. The third-order valence-corrected chi connectivity index (χ3v) is 8.51. The molecule has 1 N–H and O–H groups in total. The summed E-state index contributed by atoms with van der Waals surface area (Å²) in [6.07, 6.45) is 1.20. The standard InChI is InChI=1S/C31H36Cl2FN3O4S/c1-22(2)20-35-31(39)29(19-23-11-5-4-6-12-23)36(21-24-25(32)13-9-14-26(24)33)30(38)17-10-18-37(42(3,40)41)28-16-8-7-15-27(28)34/h4-9,11-16,22,29H,10,17-21H2,1-3H3,(H,35,39). The van der Waals surface area contributed by atoms with E-state index in [4.69, 9.17) is 23.2 Å². The van der Waals surface area contributed by atoms with Crippen molar-refractivity contribution in [3.05, 3.63) is 99.8 Å². The molecule has 3 aromatic carbocycles. The summed E-state index contributed by atoms with van der Waals surface area (Å²) in [5.74, 6) is -1.22. The van der Waals surface area contributed by atoms with Crippen molar-refractivity contribution in [3.63, 3.8) is 0 Å². The zero-order valence-electron chi connectivity index (χ0n) is 23.9. The molecule has 226 valence electrons. The second kappa shape index (κ2) is 15.4. The van der Waals surface area contributed by atoms with Crippen molar-refractivity contribution in [1.29, 1.82) is 0 Å². The molecule has 0 aliphatic heterocycles. The molecule has 0 saturated carbocycles. The van der Waals surface area contributed by atoms with Crippen LogP contribution in [0, 0.1) is 11.7 Å². The molecule has 2 amide bonds. The maximum absolute atomic E-state index is 14.5. The molecule has 1 atom stereocenters. The van der Waals surface area contributed by atoms with Crippen LogP contribution in [0.5, 0.6) is 0 Å². The van der Waals surface area contributed by atoms with E-state index < -0.39 is 27.8 Å². The van der Waals surface area contributed by atoms with Crippen LogP contribution in [0.4, 0.5) is 10.1 Å². The van der Waals surface area contributed by atoms with Gasteiger partial charge in [0.15, 0.2) is 0 Å². The van der Waals surface area contributed by atoms with Crippen molar-refractivity contribution < 1.29 is 22.4 Å². The van der Waals surface area contributed by atoms with Gasteiger partial charge in [-0.25, -0.2) is 12.8 Å². The number of sulfonamides is 1. The first kappa shape index (κ1) is 33.4. The number of halogens is 3. The SMILES string of the molecule is CC(C)CNC(=O)C(Cc1ccccc1)N(Cc1c(Cl)cccc1Cl)C(=O)CCCN(c1ccccc1F)S(C)(=O)=O. The highest BCUT2D eigenvalue weighted by atomic mass is 35.5. The van der Waals surface area contributed by atoms with Crippen LogP contribution in [-0.2, 0) is 32.6 Å². The van der Waals surface area contributed by atoms with Crippen LogP contribution in [0.15, 0.2) is 72.8 Å². The molecule has 0 saturated heterocycles. The highest BCUT2D eigenvalue weighted by Gasteiger charge is 2.31. The largest absolute Gasteiger partial charge is 0.354 e. The van der Waals surface area contributed by atoms with Gasteiger partial charge in [0, 0.05) is 48.1 Å². The minimum atomic E-state index is -3.84. The monoisotopic (exact) mass is 635 g/mol. The summed E-state index contributed by atoms with van der Waals surface area (Å²) in [5.41, 5.74) is 1.25. The van der Waals surface area contributed by atoms with E-state index in [2.05, 4.69) is 5.32 Å². The number of hydrogen-bond donors (Lipinski definition) is 1. The van der Waals surface area contributed by atoms with Gasteiger partial charge in [0.2, 0.25) is 21.8 Å². The molecule has 7 nitrogen and oxygen atoms in total. The van der Waals surface area contributed by atoms with Crippen LogP contribution < -0.4 is 9.62 Å². The molecule has 0 aliphatic rings. The smallest absolute Gasteiger partial charge is 0.243 e. The summed E-state index contributed by atoms with van der Waals surface area (Å²) in [4.78, 5) is 28.9. The van der Waals surface area contributed by atoms with Gasteiger partial charge in [0.1, 0.15) is 11.9 Å². The summed E-state index contributed by atoms with van der Waals surface area (Å²) in [6.45, 7) is 4.21. The van der Waals surface area contributed by atoms with Crippen LogP contribution >= 0.6 is 23.2 Å². The number of amides is 2. The van der Waals surface area contributed by atoms with E-state index in [1.54, 1.807) is 24.3 Å². The molecule has 0 bridgehead atoms. The number of nitrogens with zero attached hydrogens (tertiary/aromatic N) is 2. The molecular formula is C31H36Cl2FN3O4S. The number of carbonyl (C=O) groups excluding carboxylic acids is 2. The Hall–Kier alpha value is -3.14. The second-order valence-electron chi connectivity index (χ2n) is 10.5. The number of nitrogens with one attached hydrogen (secondary N) is 1. The van der Waals surface area contributed by atoms with Crippen molar-refractivity contribution in [2.24, 2.45) is 5.92 Å². The van der Waals surface area contributed by atoms with E-state index in [1.165, 1.54) is 23.1 Å². The maximum Gasteiger partial charge on any atom is 0.243 e. The van der Waals surface area contributed by atoms with E-state index >= 15 is 0 Å². The lowest BCUT2D eigenvalue weighted by Crippen LogP contribution is -2.51. The average Bonchev–Trinajstić information content (AvgIpc) is 2.93. The summed E-state index contributed by atoms with van der Waals surface area (Å²) >= 11 is 12.9. The Morgan fingerprint density at radius 1 is 0.929 bits per heavy atom. The quantitative estimate of drug-likeness (QED) is 0.232. The van der Waals surface area contributed by atoms with Gasteiger partial charge in [-0.15, -0.1) is 0 Å². The summed E-state index contributed by atoms with van der Waals surface area (Å²) < 4.78 is 40.5. The fraction of sp³-hybridized carbons (Fsp3) is 0.355. The van der Waals surface area contributed by atoms with Gasteiger partial charge in [-0.3, -0.25) is 13.9 Å². The minimum absolute atomic E-state index is 0.0347. The number of hydrogen-bond acceptors (Lipinski definition) is 4. The summed E-state index contributed by atoms with van der Waals surface area (Å²) in [7, 11) is -3.84. The van der Waals surface area contributed by atoms with Crippen LogP contribution in [-0.4, -0.2) is 50.5 Å². The van der Waals surface area contributed by atoms with Crippen molar-refractivity contribution >= 4 is 50.7 Å². The molecule has 0 spiro atoms. The predicted molar refractivity (Wildman–Crippen MR) is 167 cm³/mol.